The molecule has 0 spiro atoms. The lowest BCUT2D eigenvalue weighted by Gasteiger charge is -2.27. The van der Waals surface area contributed by atoms with Crippen molar-refractivity contribution in [1.82, 2.24) is 9.88 Å². The van der Waals surface area contributed by atoms with Crippen LogP contribution in [0.15, 0.2) is 39.5 Å². The Morgan fingerprint density at radius 1 is 1.21 bits per heavy atom. The van der Waals surface area contributed by atoms with Gasteiger partial charge in [-0.3, -0.25) is 9.69 Å². The summed E-state index contributed by atoms with van der Waals surface area (Å²) in [5.74, 6) is -1.60. The van der Waals surface area contributed by atoms with Crippen LogP contribution in [-0.2, 0) is 17.5 Å². The number of rotatable bonds is 3. The standard InChI is InChI=1S/C23H19F3N2O4S/c1-12-18(29)13(11-28-6-8-31-9-7-28)10-14-19(30)17(21(23(24,25)26)32-20(12)14)22-27-15-4-2-3-5-16(15)33-22/h2-5,10,29H,6-9,11H2,1H3. The van der Waals surface area contributed by atoms with Crippen LogP contribution in [0.25, 0.3) is 31.8 Å². The Morgan fingerprint density at radius 2 is 1.94 bits per heavy atom. The number of ether oxygens (including phenoxy) is 1. The molecule has 2 aromatic heterocycles. The van der Waals surface area contributed by atoms with Crippen molar-refractivity contribution < 1.29 is 27.4 Å². The first kappa shape index (κ1) is 21.9. The maximum atomic E-state index is 14.0. The lowest BCUT2D eigenvalue weighted by molar-refractivity contribution is -0.152. The van der Waals surface area contributed by atoms with Crippen molar-refractivity contribution in [1.29, 1.82) is 0 Å². The lowest BCUT2D eigenvalue weighted by atomic mass is 10.0. The predicted molar refractivity (Wildman–Crippen MR) is 119 cm³/mol. The highest BCUT2D eigenvalue weighted by molar-refractivity contribution is 7.21. The molecule has 5 rings (SSSR count). The number of aromatic hydroxyl groups is 1. The number of benzene rings is 2. The second-order valence-corrected chi connectivity index (χ2v) is 8.92. The minimum absolute atomic E-state index is 0.0178. The van der Waals surface area contributed by atoms with Crippen LogP contribution in [0.1, 0.15) is 16.9 Å². The molecule has 1 aliphatic rings. The molecule has 1 N–H and O–H groups in total. The van der Waals surface area contributed by atoms with E-state index in [1.165, 1.54) is 13.0 Å². The monoisotopic (exact) mass is 476 g/mol. The fourth-order valence-corrected chi connectivity index (χ4v) is 5.05. The van der Waals surface area contributed by atoms with Crippen LogP contribution < -0.4 is 5.43 Å². The third-order valence-corrected chi connectivity index (χ3v) is 6.78. The number of aryl methyl sites for hydroxylation is 1. The van der Waals surface area contributed by atoms with E-state index in [9.17, 15) is 23.1 Å². The number of phenols is 1. The number of fused-ring (bicyclic) bond motifs is 2. The molecular weight excluding hydrogens is 457 g/mol. The van der Waals surface area contributed by atoms with Crippen molar-refractivity contribution in [3.63, 3.8) is 0 Å². The number of aromatic nitrogens is 1. The van der Waals surface area contributed by atoms with Crippen molar-refractivity contribution in [3.8, 4) is 16.3 Å². The summed E-state index contributed by atoms with van der Waals surface area (Å²) in [6.07, 6.45) is -4.92. The molecule has 0 saturated carbocycles. The summed E-state index contributed by atoms with van der Waals surface area (Å²) < 4.78 is 53.2. The van der Waals surface area contributed by atoms with E-state index in [1.807, 2.05) is 4.90 Å². The minimum atomic E-state index is -4.92. The van der Waals surface area contributed by atoms with E-state index in [4.69, 9.17) is 9.15 Å². The Hall–Kier alpha value is -2.95. The van der Waals surface area contributed by atoms with Gasteiger partial charge in [-0.05, 0) is 25.1 Å². The third kappa shape index (κ3) is 3.88. The average molecular weight is 476 g/mol. The third-order valence-electron chi connectivity index (χ3n) is 5.73. The van der Waals surface area contributed by atoms with Gasteiger partial charge in [0.05, 0.1) is 28.8 Å². The van der Waals surface area contributed by atoms with Gasteiger partial charge in [0.25, 0.3) is 0 Å². The fourth-order valence-electron chi connectivity index (χ4n) is 4.04. The molecule has 0 unspecified atom stereocenters. The molecule has 1 saturated heterocycles. The van der Waals surface area contributed by atoms with Crippen molar-refractivity contribution in [2.75, 3.05) is 26.3 Å². The quantitative estimate of drug-likeness (QED) is 0.452. The zero-order valence-electron chi connectivity index (χ0n) is 17.5. The van der Waals surface area contributed by atoms with Crippen molar-refractivity contribution in [2.24, 2.45) is 0 Å². The molecule has 3 heterocycles. The first-order chi connectivity index (χ1) is 15.7. The molecule has 0 atom stereocenters. The number of halogens is 3. The highest BCUT2D eigenvalue weighted by Crippen LogP contribution is 2.41. The minimum Gasteiger partial charge on any atom is -0.507 e. The van der Waals surface area contributed by atoms with Crippen LogP contribution in [0.4, 0.5) is 13.2 Å². The largest absolute Gasteiger partial charge is 0.507 e. The summed E-state index contributed by atoms with van der Waals surface area (Å²) in [4.78, 5) is 19.8. The van der Waals surface area contributed by atoms with Crippen molar-refractivity contribution >= 4 is 32.5 Å². The van der Waals surface area contributed by atoms with Crippen LogP contribution in [0.3, 0.4) is 0 Å². The summed E-state index contributed by atoms with van der Waals surface area (Å²) in [5, 5.41) is 10.6. The molecule has 10 heteroatoms. The normalized spacial score (nSPS) is 15.5. The zero-order valence-corrected chi connectivity index (χ0v) is 18.3. The number of thiazole rings is 1. The molecule has 0 amide bonds. The molecule has 1 fully saturated rings. The first-order valence-electron chi connectivity index (χ1n) is 10.3. The second kappa shape index (κ2) is 8.12. The van der Waals surface area contributed by atoms with Gasteiger partial charge in [-0.15, -0.1) is 11.3 Å². The molecular formula is C23H19F3N2O4S. The van der Waals surface area contributed by atoms with Crippen LogP contribution in [-0.4, -0.2) is 41.3 Å². The van der Waals surface area contributed by atoms with E-state index in [2.05, 4.69) is 4.98 Å². The number of hydrogen-bond donors (Lipinski definition) is 1. The summed E-state index contributed by atoms with van der Waals surface area (Å²) in [6.45, 7) is 4.17. The fraction of sp³-hybridized carbons (Fsp3) is 0.304. The number of nitrogens with zero attached hydrogens (tertiary/aromatic N) is 2. The van der Waals surface area contributed by atoms with E-state index < -0.39 is 22.9 Å². The number of alkyl halides is 3. The van der Waals surface area contributed by atoms with E-state index in [0.717, 1.165) is 11.3 Å². The number of morpholine rings is 1. The number of hydrogen-bond acceptors (Lipinski definition) is 7. The van der Waals surface area contributed by atoms with E-state index in [-0.39, 0.29) is 27.3 Å². The maximum absolute atomic E-state index is 14.0. The molecule has 33 heavy (non-hydrogen) atoms. The van der Waals surface area contributed by atoms with Gasteiger partial charge in [-0.25, -0.2) is 4.98 Å². The van der Waals surface area contributed by atoms with Gasteiger partial charge < -0.3 is 14.3 Å². The Morgan fingerprint density at radius 3 is 2.64 bits per heavy atom. The van der Waals surface area contributed by atoms with Gasteiger partial charge >= 0.3 is 6.18 Å². The molecule has 0 bridgehead atoms. The highest BCUT2D eigenvalue weighted by atomic mass is 32.1. The summed E-state index contributed by atoms with van der Waals surface area (Å²) in [7, 11) is 0. The van der Waals surface area contributed by atoms with Crippen molar-refractivity contribution in [2.45, 2.75) is 19.6 Å². The predicted octanol–water partition coefficient (Wildman–Crippen LogP) is 4.93. The van der Waals surface area contributed by atoms with Gasteiger partial charge in [0, 0.05) is 30.8 Å². The Balaban J connectivity index is 1.75. The van der Waals surface area contributed by atoms with Gasteiger partial charge in [-0.2, -0.15) is 13.2 Å². The van der Waals surface area contributed by atoms with Crippen LogP contribution in [0, 0.1) is 6.92 Å². The summed E-state index contributed by atoms with van der Waals surface area (Å²) in [5.41, 5.74) is -0.675. The molecule has 172 valence electrons. The number of phenolic OH excluding ortho intramolecular Hbond substituents is 1. The van der Waals surface area contributed by atoms with E-state index in [0.29, 0.717) is 48.6 Å². The summed E-state index contributed by atoms with van der Waals surface area (Å²) in [6, 6.07) is 8.31. The average Bonchev–Trinajstić information content (AvgIpc) is 3.21. The van der Waals surface area contributed by atoms with Crippen LogP contribution in [0.2, 0.25) is 0 Å². The smallest absolute Gasteiger partial charge is 0.450 e. The highest BCUT2D eigenvalue weighted by Gasteiger charge is 2.40. The molecule has 0 radical (unpaired) electrons. The number of para-hydroxylation sites is 1. The van der Waals surface area contributed by atoms with Crippen molar-refractivity contribution in [3.05, 3.63) is 57.4 Å². The van der Waals surface area contributed by atoms with E-state index >= 15 is 0 Å². The van der Waals surface area contributed by atoms with Crippen LogP contribution in [0.5, 0.6) is 5.75 Å². The van der Waals surface area contributed by atoms with Gasteiger partial charge in [0.1, 0.15) is 21.9 Å². The lowest BCUT2D eigenvalue weighted by Crippen LogP contribution is -2.35. The summed E-state index contributed by atoms with van der Waals surface area (Å²) >= 11 is 1.00. The first-order valence-corrected chi connectivity index (χ1v) is 11.1. The molecule has 2 aromatic carbocycles. The zero-order chi connectivity index (χ0) is 23.3. The maximum Gasteiger partial charge on any atom is 0.450 e. The molecule has 4 aromatic rings. The van der Waals surface area contributed by atoms with Crippen LogP contribution >= 0.6 is 11.3 Å². The Kier molecular flexibility index (Phi) is 5.38. The Bertz CT molecular complexity index is 1390. The van der Waals surface area contributed by atoms with Gasteiger partial charge in [0.15, 0.2) is 0 Å². The van der Waals surface area contributed by atoms with Gasteiger partial charge in [0.2, 0.25) is 11.2 Å². The van der Waals surface area contributed by atoms with E-state index in [1.54, 1.807) is 24.3 Å². The molecule has 1 aliphatic heterocycles. The Labute approximate surface area is 189 Å². The SMILES string of the molecule is Cc1c(O)c(CN2CCOCC2)cc2c(=O)c(-c3nc4ccccc4s3)c(C(F)(F)F)oc12. The van der Waals surface area contributed by atoms with Gasteiger partial charge in [-0.1, -0.05) is 12.1 Å². The topological polar surface area (TPSA) is 75.8 Å². The second-order valence-electron chi connectivity index (χ2n) is 7.89. The molecule has 0 aliphatic carbocycles. The molecule has 6 nitrogen and oxygen atoms in total.